The second-order valence-electron chi connectivity index (χ2n) is 16.5. The van der Waals surface area contributed by atoms with E-state index in [1.54, 1.807) is 0 Å². The Morgan fingerprint density at radius 3 is 1.47 bits per heavy atom. The van der Waals surface area contributed by atoms with Gasteiger partial charge in [-0.1, -0.05) is 202 Å². The lowest BCUT2D eigenvalue weighted by molar-refractivity contribution is 0.660. The highest BCUT2D eigenvalue weighted by atomic mass is 28.3. The van der Waals surface area contributed by atoms with Crippen molar-refractivity contribution < 1.29 is 0 Å². The van der Waals surface area contributed by atoms with E-state index in [1.807, 2.05) is 0 Å². The predicted molar refractivity (Wildman–Crippen MR) is 252 cm³/mol. The highest BCUT2D eigenvalue weighted by Crippen LogP contribution is 2.50. The summed E-state index contributed by atoms with van der Waals surface area (Å²) in [6, 6.07) is 83.8. The minimum absolute atomic E-state index is 0.0518. The molecule has 1 nitrogen and oxygen atoms in total. The van der Waals surface area contributed by atoms with Crippen molar-refractivity contribution in [3.63, 3.8) is 0 Å². The summed E-state index contributed by atoms with van der Waals surface area (Å²) < 4.78 is 0. The van der Waals surface area contributed by atoms with E-state index in [0.717, 1.165) is 11.4 Å². The largest absolute Gasteiger partial charge is 0.311 e. The predicted octanol–water partition coefficient (Wildman–Crippen LogP) is 12.2. The van der Waals surface area contributed by atoms with Crippen molar-refractivity contribution in [2.75, 3.05) is 4.90 Å². The smallest absolute Gasteiger partial charge is 0.183 e. The van der Waals surface area contributed by atoms with Crippen LogP contribution in [0.5, 0.6) is 0 Å². The molecule has 1 heterocycles. The third-order valence-electron chi connectivity index (χ3n) is 13.0. The van der Waals surface area contributed by atoms with E-state index in [-0.39, 0.29) is 5.41 Å². The summed E-state index contributed by atoms with van der Waals surface area (Å²) in [6.45, 7) is 4.71. The van der Waals surface area contributed by atoms with Crippen LogP contribution in [-0.2, 0) is 5.41 Å². The minimum atomic E-state index is -2.82. The Labute approximate surface area is 348 Å². The maximum atomic E-state index is 2.51. The monoisotopic (exact) mass is 769 g/mol. The minimum Gasteiger partial charge on any atom is -0.311 e. The third-order valence-corrected chi connectivity index (χ3v) is 17.9. The first kappa shape index (κ1) is 35.2. The summed E-state index contributed by atoms with van der Waals surface area (Å²) in [4.78, 5) is 2.51. The van der Waals surface area contributed by atoms with Crippen molar-refractivity contribution in [3.05, 3.63) is 236 Å². The number of nitrogens with zero attached hydrogens (tertiary/aromatic N) is 1. The summed E-state index contributed by atoms with van der Waals surface area (Å²) in [5.41, 5.74) is 16.4. The molecule has 2 aliphatic rings. The molecule has 0 N–H and O–H groups in total. The number of hydrogen-bond donors (Lipinski definition) is 0. The second kappa shape index (κ2) is 13.8. The van der Waals surface area contributed by atoms with E-state index < -0.39 is 8.07 Å². The molecule has 9 aromatic rings. The molecule has 2 heteroatoms. The fraction of sp³-hybridized carbons (Fsp3) is 0.0526. The molecular weight excluding hydrogens is 727 g/mol. The van der Waals surface area contributed by atoms with Gasteiger partial charge in [0.05, 0.1) is 0 Å². The lowest BCUT2D eigenvalue weighted by atomic mass is 9.81. The first-order valence-electron chi connectivity index (χ1n) is 20.7. The number of hydrogen-bond acceptors (Lipinski definition) is 1. The van der Waals surface area contributed by atoms with Crippen LogP contribution in [0.2, 0.25) is 0 Å². The van der Waals surface area contributed by atoms with Gasteiger partial charge in [-0.25, -0.2) is 0 Å². The summed E-state index contributed by atoms with van der Waals surface area (Å²) in [5.74, 6) is 0. The van der Waals surface area contributed by atoms with Gasteiger partial charge >= 0.3 is 0 Å². The van der Waals surface area contributed by atoms with Crippen LogP contribution in [0.3, 0.4) is 0 Å². The van der Waals surface area contributed by atoms with Gasteiger partial charge in [-0.2, -0.15) is 0 Å². The molecule has 0 bridgehead atoms. The van der Waals surface area contributed by atoms with E-state index in [0.29, 0.717) is 0 Å². The first-order chi connectivity index (χ1) is 29.0. The summed E-state index contributed by atoms with van der Waals surface area (Å²) in [6.07, 6.45) is 0. The van der Waals surface area contributed by atoms with Crippen LogP contribution in [0.15, 0.2) is 224 Å². The Hall–Kier alpha value is -7.00. The molecular formula is C57H43NSi. The van der Waals surface area contributed by atoms with Gasteiger partial charge in [-0.15, -0.1) is 0 Å². The molecule has 0 unspecified atom stereocenters. The molecule has 0 amide bonds. The molecule has 0 atom stereocenters. The second-order valence-corrected chi connectivity index (χ2v) is 20.1. The van der Waals surface area contributed by atoms with Gasteiger partial charge in [-0.3, -0.25) is 0 Å². The van der Waals surface area contributed by atoms with Gasteiger partial charge in [0.25, 0.3) is 0 Å². The lowest BCUT2D eigenvalue weighted by Gasteiger charge is -2.36. The van der Waals surface area contributed by atoms with Gasteiger partial charge in [0.1, 0.15) is 0 Å². The Morgan fingerprint density at radius 1 is 0.356 bits per heavy atom. The zero-order valence-electron chi connectivity index (χ0n) is 33.3. The highest BCUT2D eigenvalue weighted by molar-refractivity contribution is 7.22. The number of fused-ring (bicyclic) bond motifs is 6. The number of rotatable bonds is 7. The molecule has 0 saturated carbocycles. The maximum absolute atomic E-state index is 2.82. The fourth-order valence-electron chi connectivity index (χ4n) is 10.2. The molecule has 0 aromatic heterocycles. The standard InChI is InChI=1S/C57H43NSi/c1-57(2)52-26-14-12-23-48(52)49-38-33-43(39-53(49)57)42-31-36-45(37-32-42)58(44-34-29-41(30-35-44)40-17-6-3-7-18-40)54-27-16-25-51-50-24-13-15-28-55(50)59(56(51)54,46-19-8-4-9-20-46)47-21-10-5-11-22-47/h3-39H,1-2H3. The van der Waals surface area contributed by atoms with Crippen LogP contribution in [-0.4, -0.2) is 8.07 Å². The SMILES string of the molecule is CC1(C)c2ccccc2-c2ccc(-c3ccc(N(c4ccc(-c5ccccc5)cc4)c4cccc5c4[Si](c4ccccc4)(c4ccccc4)c4ccccc4-5)cc3)cc21. The number of anilines is 3. The molecule has 1 aliphatic carbocycles. The molecule has 0 spiro atoms. The van der Waals surface area contributed by atoms with Crippen molar-refractivity contribution >= 4 is 45.9 Å². The Bertz CT molecular complexity index is 2950. The average molecular weight is 770 g/mol. The quantitative estimate of drug-likeness (QED) is 0.146. The van der Waals surface area contributed by atoms with Crippen LogP contribution in [0.4, 0.5) is 17.1 Å². The summed E-state index contributed by atoms with van der Waals surface area (Å²) >= 11 is 0. The Balaban J connectivity index is 1.11. The molecule has 9 aromatic carbocycles. The third kappa shape index (κ3) is 5.44. The first-order valence-corrected chi connectivity index (χ1v) is 22.7. The Kier molecular flexibility index (Phi) is 8.25. The van der Waals surface area contributed by atoms with Crippen molar-refractivity contribution in [2.24, 2.45) is 0 Å². The van der Waals surface area contributed by atoms with Crippen molar-refractivity contribution in [1.29, 1.82) is 0 Å². The summed E-state index contributed by atoms with van der Waals surface area (Å²) in [7, 11) is -2.82. The van der Waals surface area contributed by atoms with Crippen LogP contribution in [0.25, 0.3) is 44.5 Å². The van der Waals surface area contributed by atoms with Crippen LogP contribution in [0.1, 0.15) is 25.0 Å². The van der Waals surface area contributed by atoms with E-state index in [9.17, 15) is 0 Å². The molecule has 0 saturated heterocycles. The van der Waals surface area contributed by atoms with Crippen LogP contribution < -0.4 is 25.6 Å². The van der Waals surface area contributed by atoms with Crippen LogP contribution >= 0.6 is 0 Å². The molecule has 59 heavy (non-hydrogen) atoms. The molecule has 0 radical (unpaired) electrons. The number of benzene rings is 9. The van der Waals surface area contributed by atoms with E-state index in [4.69, 9.17) is 0 Å². The van der Waals surface area contributed by atoms with Crippen molar-refractivity contribution in [1.82, 2.24) is 0 Å². The van der Waals surface area contributed by atoms with Gasteiger partial charge in [0.15, 0.2) is 8.07 Å². The van der Waals surface area contributed by atoms with E-state index >= 15 is 0 Å². The Morgan fingerprint density at radius 2 is 0.831 bits per heavy atom. The zero-order chi connectivity index (χ0) is 39.6. The van der Waals surface area contributed by atoms with E-state index in [1.165, 1.54) is 82.1 Å². The van der Waals surface area contributed by atoms with Gasteiger partial charge in [0, 0.05) is 22.5 Å². The van der Waals surface area contributed by atoms with Gasteiger partial charge in [-0.05, 0) is 113 Å². The zero-order valence-corrected chi connectivity index (χ0v) is 34.3. The molecule has 11 rings (SSSR count). The van der Waals surface area contributed by atoms with E-state index in [2.05, 4.69) is 243 Å². The average Bonchev–Trinajstić information content (AvgIpc) is 3.74. The molecule has 1 aliphatic heterocycles. The lowest BCUT2D eigenvalue weighted by Crippen LogP contribution is -2.73. The fourth-order valence-corrected chi connectivity index (χ4v) is 15.6. The highest BCUT2D eigenvalue weighted by Gasteiger charge is 2.50. The molecule has 280 valence electrons. The van der Waals surface area contributed by atoms with Crippen molar-refractivity contribution in [2.45, 2.75) is 19.3 Å². The van der Waals surface area contributed by atoms with Gasteiger partial charge in [0.2, 0.25) is 0 Å². The molecule has 0 fully saturated rings. The summed E-state index contributed by atoms with van der Waals surface area (Å²) in [5, 5.41) is 5.65. The van der Waals surface area contributed by atoms with Crippen LogP contribution in [0, 0.1) is 0 Å². The van der Waals surface area contributed by atoms with Gasteiger partial charge < -0.3 is 4.90 Å². The normalized spacial score (nSPS) is 13.9. The maximum Gasteiger partial charge on any atom is 0.183 e. The topological polar surface area (TPSA) is 3.24 Å². The van der Waals surface area contributed by atoms with Crippen molar-refractivity contribution in [3.8, 4) is 44.5 Å².